The van der Waals surface area contributed by atoms with Crippen LogP contribution in [0.3, 0.4) is 0 Å². The number of halogens is 1. The summed E-state index contributed by atoms with van der Waals surface area (Å²) >= 11 is 0.945. The predicted octanol–water partition coefficient (Wildman–Crippen LogP) is 0.930. The van der Waals surface area contributed by atoms with Crippen molar-refractivity contribution in [1.29, 1.82) is 0 Å². The summed E-state index contributed by atoms with van der Waals surface area (Å²) in [6.07, 6.45) is 0. The monoisotopic (exact) mass is 433 g/mol. The van der Waals surface area contributed by atoms with Crippen molar-refractivity contribution in [3.05, 3.63) is 22.1 Å². The number of thiophene rings is 1. The Hall–Kier alpha value is -2.42. The molecule has 3 heterocycles. The number of carbonyl (C=O) groups is 1. The van der Waals surface area contributed by atoms with Gasteiger partial charge in [0.15, 0.2) is 0 Å². The van der Waals surface area contributed by atoms with Gasteiger partial charge in [-0.3, -0.25) is 5.32 Å². The number of rotatable bonds is 6. The topological polar surface area (TPSA) is 142 Å². The maximum Gasteiger partial charge on any atom is 0.335 e. The van der Waals surface area contributed by atoms with E-state index in [-0.39, 0.29) is 40.8 Å². The maximum atomic E-state index is 13.6. The lowest BCUT2D eigenvalue weighted by Gasteiger charge is -2.23. The Morgan fingerprint density at radius 2 is 2.07 bits per heavy atom. The molecular formula is C14H16FN5O6S2. The standard InChI is InChI=1S/C14H16FN5O6S2/c1-8-16-11(19-13(17-8)24-2)18-12(21)20-28(22,23)9-3-6-27-10(9)14(7-15)25-4-5-26-14/h3,6H,4-5,7H2,1-2H3,(H2,16,17,18,19,20,21). The molecule has 0 radical (unpaired) electrons. The minimum absolute atomic E-state index is 0.00507. The molecular weight excluding hydrogens is 417 g/mol. The Bertz CT molecular complexity index is 976. The summed E-state index contributed by atoms with van der Waals surface area (Å²) in [6, 6.07) is 0.0623. The van der Waals surface area contributed by atoms with Gasteiger partial charge in [-0.1, -0.05) is 0 Å². The maximum absolute atomic E-state index is 13.6. The number of urea groups is 1. The fraction of sp³-hybridized carbons (Fsp3) is 0.429. The molecule has 0 unspecified atom stereocenters. The molecule has 1 saturated heterocycles. The van der Waals surface area contributed by atoms with Gasteiger partial charge in [0, 0.05) is 0 Å². The Morgan fingerprint density at radius 3 is 2.71 bits per heavy atom. The lowest BCUT2D eigenvalue weighted by atomic mass is 10.2. The second kappa shape index (κ2) is 7.90. The van der Waals surface area contributed by atoms with Gasteiger partial charge in [-0.25, -0.2) is 22.3 Å². The first-order valence-electron chi connectivity index (χ1n) is 7.82. The SMILES string of the molecule is COc1nc(C)nc(NC(=O)NS(=O)(=O)c2ccsc2C2(CF)OCCO2)n1. The number of aryl methyl sites for hydroxylation is 1. The molecule has 28 heavy (non-hydrogen) atoms. The average molecular weight is 433 g/mol. The fourth-order valence-electron chi connectivity index (χ4n) is 2.42. The number of alkyl halides is 1. The molecule has 0 aromatic carbocycles. The lowest BCUT2D eigenvalue weighted by molar-refractivity contribution is -0.175. The van der Waals surface area contributed by atoms with Crippen LogP contribution in [-0.2, 0) is 25.3 Å². The molecule has 2 aromatic heterocycles. The third-order valence-corrected chi connectivity index (χ3v) is 6.10. The van der Waals surface area contributed by atoms with Crippen molar-refractivity contribution in [2.45, 2.75) is 17.6 Å². The number of nitrogens with zero attached hydrogens (tertiary/aromatic N) is 3. The Balaban J connectivity index is 1.80. The summed E-state index contributed by atoms with van der Waals surface area (Å²) < 4.78 is 56.1. The van der Waals surface area contributed by atoms with E-state index in [0.29, 0.717) is 0 Å². The molecule has 1 fully saturated rings. The molecule has 0 bridgehead atoms. The molecule has 2 N–H and O–H groups in total. The van der Waals surface area contributed by atoms with Gasteiger partial charge in [0.05, 0.1) is 25.2 Å². The van der Waals surface area contributed by atoms with E-state index in [9.17, 15) is 17.6 Å². The number of amides is 2. The first kappa shape index (κ1) is 20.3. The van der Waals surface area contributed by atoms with Gasteiger partial charge in [-0.15, -0.1) is 11.3 Å². The van der Waals surface area contributed by atoms with E-state index in [0.717, 1.165) is 11.3 Å². The molecule has 14 heteroatoms. The van der Waals surface area contributed by atoms with Crippen LogP contribution < -0.4 is 14.8 Å². The molecule has 3 rings (SSSR count). The predicted molar refractivity (Wildman–Crippen MR) is 94.3 cm³/mol. The van der Waals surface area contributed by atoms with Gasteiger partial charge in [-0.2, -0.15) is 15.0 Å². The van der Waals surface area contributed by atoms with Crippen LogP contribution in [-0.4, -0.2) is 56.4 Å². The van der Waals surface area contributed by atoms with Crippen LogP contribution in [0.15, 0.2) is 16.3 Å². The second-order valence-electron chi connectivity index (χ2n) is 5.45. The smallest absolute Gasteiger partial charge is 0.335 e. The van der Waals surface area contributed by atoms with Crippen LogP contribution in [0.2, 0.25) is 0 Å². The largest absolute Gasteiger partial charge is 0.467 e. The number of hydrogen-bond donors (Lipinski definition) is 2. The van der Waals surface area contributed by atoms with Gasteiger partial charge >= 0.3 is 12.0 Å². The number of methoxy groups -OCH3 is 1. The summed E-state index contributed by atoms with van der Waals surface area (Å²) in [5.74, 6) is -1.75. The van der Waals surface area contributed by atoms with Crippen molar-refractivity contribution in [2.24, 2.45) is 0 Å². The van der Waals surface area contributed by atoms with Crippen molar-refractivity contribution < 1.29 is 31.8 Å². The highest BCUT2D eigenvalue weighted by atomic mass is 32.2. The number of aromatic nitrogens is 3. The van der Waals surface area contributed by atoms with Crippen LogP contribution in [0.1, 0.15) is 10.7 Å². The van der Waals surface area contributed by atoms with E-state index in [2.05, 4.69) is 20.3 Å². The zero-order chi connectivity index (χ0) is 20.4. The van der Waals surface area contributed by atoms with Crippen molar-refractivity contribution in [1.82, 2.24) is 19.7 Å². The van der Waals surface area contributed by atoms with Gasteiger partial charge in [0.25, 0.3) is 10.0 Å². The molecule has 2 aromatic rings. The lowest BCUT2D eigenvalue weighted by Crippen LogP contribution is -2.37. The molecule has 0 spiro atoms. The first-order chi connectivity index (χ1) is 13.3. The zero-order valence-electron chi connectivity index (χ0n) is 14.8. The molecule has 0 atom stereocenters. The van der Waals surface area contributed by atoms with Gasteiger partial charge < -0.3 is 14.2 Å². The van der Waals surface area contributed by atoms with Crippen LogP contribution in [0.4, 0.5) is 15.1 Å². The summed E-state index contributed by atoms with van der Waals surface area (Å²) in [7, 11) is -3.03. The zero-order valence-corrected chi connectivity index (χ0v) is 16.4. The van der Waals surface area contributed by atoms with E-state index >= 15 is 0 Å². The molecule has 0 aliphatic carbocycles. The highest BCUT2D eigenvalue weighted by Gasteiger charge is 2.44. The van der Waals surface area contributed by atoms with Gasteiger partial charge in [0.2, 0.25) is 11.7 Å². The molecule has 1 aliphatic heterocycles. The van der Waals surface area contributed by atoms with Crippen molar-refractivity contribution >= 4 is 33.3 Å². The number of carbonyl (C=O) groups excluding carboxylic acids is 1. The van der Waals surface area contributed by atoms with Gasteiger partial charge in [0.1, 0.15) is 17.4 Å². The quantitative estimate of drug-likeness (QED) is 0.680. The van der Waals surface area contributed by atoms with Crippen LogP contribution >= 0.6 is 11.3 Å². The van der Waals surface area contributed by atoms with Gasteiger partial charge in [-0.05, 0) is 18.4 Å². The van der Waals surface area contributed by atoms with E-state index in [1.807, 2.05) is 4.72 Å². The van der Waals surface area contributed by atoms with E-state index < -0.39 is 28.5 Å². The Labute approximate surface area is 163 Å². The van der Waals surface area contributed by atoms with E-state index in [4.69, 9.17) is 14.2 Å². The number of anilines is 1. The van der Waals surface area contributed by atoms with Crippen molar-refractivity contribution in [2.75, 3.05) is 32.3 Å². The molecule has 2 amide bonds. The van der Waals surface area contributed by atoms with Crippen LogP contribution in [0.5, 0.6) is 6.01 Å². The summed E-state index contributed by atoms with van der Waals surface area (Å²) in [5, 5.41) is 3.62. The number of hydrogen-bond acceptors (Lipinski definition) is 10. The molecule has 11 nitrogen and oxygen atoms in total. The summed E-state index contributed by atoms with van der Waals surface area (Å²) in [6.45, 7) is 0.706. The third-order valence-electron chi connectivity index (χ3n) is 3.56. The normalized spacial score (nSPS) is 16.0. The van der Waals surface area contributed by atoms with E-state index in [1.54, 1.807) is 6.92 Å². The van der Waals surface area contributed by atoms with Crippen LogP contribution in [0, 0.1) is 6.92 Å². The summed E-state index contributed by atoms with van der Waals surface area (Å²) in [4.78, 5) is 23.3. The number of sulfonamides is 1. The highest BCUT2D eigenvalue weighted by molar-refractivity contribution is 7.90. The van der Waals surface area contributed by atoms with Crippen LogP contribution in [0.25, 0.3) is 0 Å². The third kappa shape index (κ3) is 4.04. The number of ether oxygens (including phenoxy) is 3. The first-order valence-corrected chi connectivity index (χ1v) is 10.2. The Kier molecular flexibility index (Phi) is 5.74. The minimum atomic E-state index is -4.36. The highest BCUT2D eigenvalue weighted by Crippen LogP contribution is 2.39. The summed E-state index contributed by atoms with van der Waals surface area (Å²) in [5.41, 5.74) is 0. The molecule has 1 aliphatic rings. The van der Waals surface area contributed by atoms with Crippen molar-refractivity contribution in [3.8, 4) is 6.01 Å². The molecule has 0 saturated carbocycles. The molecule has 152 valence electrons. The van der Waals surface area contributed by atoms with Crippen molar-refractivity contribution in [3.63, 3.8) is 0 Å². The average Bonchev–Trinajstić information content (AvgIpc) is 3.30. The fourth-order valence-corrected chi connectivity index (χ4v) is 4.91. The number of nitrogens with one attached hydrogen (secondary N) is 2. The second-order valence-corrected chi connectivity index (χ2v) is 8.02. The minimum Gasteiger partial charge on any atom is -0.467 e. The Morgan fingerprint density at radius 1 is 1.36 bits per heavy atom. The van der Waals surface area contributed by atoms with E-state index in [1.165, 1.54) is 18.6 Å².